The molecule has 6 heteroatoms. The molecule has 0 radical (unpaired) electrons. The van der Waals surface area contributed by atoms with Crippen molar-refractivity contribution in [3.05, 3.63) is 47.5 Å². The number of phenols is 1. The van der Waals surface area contributed by atoms with Gasteiger partial charge in [0.05, 0.1) is 5.60 Å². The number of aromatic hydroxyl groups is 1. The molecule has 0 saturated heterocycles. The van der Waals surface area contributed by atoms with E-state index in [-0.39, 0.29) is 11.8 Å². The number of phenolic OH excluding ortho intramolecular Hbond substituents is 1. The number of nitrogens with one attached hydrogen (secondary N) is 1. The van der Waals surface area contributed by atoms with Gasteiger partial charge in [0.15, 0.2) is 5.82 Å². The average Bonchev–Trinajstić information content (AvgIpc) is 2.54. The predicted molar refractivity (Wildman–Crippen MR) is 98.9 cm³/mol. The number of aromatic nitrogens is 2. The first kappa shape index (κ1) is 16.1. The second kappa shape index (κ2) is 5.86. The molecule has 1 aliphatic carbocycles. The highest BCUT2D eigenvalue weighted by atomic mass is 35.5. The van der Waals surface area contributed by atoms with Gasteiger partial charge in [0.1, 0.15) is 11.4 Å². The van der Waals surface area contributed by atoms with E-state index in [9.17, 15) is 10.2 Å². The minimum atomic E-state index is -0.601. The Kier molecular flexibility index (Phi) is 3.78. The van der Waals surface area contributed by atoms with Crippen LogP contribution in [0, 0.1) is 0 Å². The van der Waals surface area contributed by atoms with Gasteiger partial charge in [-0.1, -0.05) is 35.9 Å². The fourth-order valence-corrected chi connectivity index (χ4v) is 3.58. The van der Waals surface area contributed by atoms with Crippen molar-refractivity contribution in [3.8, 4) is 17.0 Å². The van der Waals surface area contributed by atoms with Crippen LogP contribution in [0.2, 0.25) is 5.02 Å². The number of hydrogen-bond acceptors (Lipinski definition) is 5. The molecule has 2 aromatic carbocycles. The van der Waals surface area contributed by atoms with Crippen LogP contribution in [0.25, 0.3) is 22.0 Å². The third-order valence-electron chi connectivity index (χ3n) is 4.62. The quantitative estimate of drug-likeness (QED) is 0.662. The lowest BCUT2D eigenvalue weighted by atomic mass is 9.77. The molecular formula is C19H18ClN3O2. The summed E-state index contributed by atoms with van der Waals surface area (Å²) in [5.74, 6) is 0.760. The fourth-order valence-electron chi connectivity index (χ4n) is 3.41. The molecule has 1 fully saturated rings. The molecule has 128 valence electrons. The molecule has 5 nitrogen and oxygen atoms in total. The summed E-state index contributed by atoms with van der Waals surface area (Å²) < 4.78 is 0. The molecule has 1 saturated carbocycles. The Balaban J connectivity index is 1.77. The first-order chi connectivity index (χ1) is 11.9. The highest BCUT2D eigenvalue weighted by Gasteiger charge is 2.38. The van der Waals surface area contributed by atoms with Gasteiger partial charge >= 0.3 is 0 Å². The van der Waals surface area contributed by atoms with E-state index in [1.54, 1.807) is 12.1 Å². The number of anilines is 1. The van der Waals surface area contributed by atoms with Crippen molar-refractivity contribution in [2.75, 3.05) is 5.32 Å². The highest BCUT2D eigenvalue weighted by Crippen LogP contribution is 2.38. The molecule has 0 spiro atoms. The lowest BCUT2D eigenvalue weighted by Crippen LogP contribution is -2.48. The van der Waals surface area contributed by atoms with Crippen molar-refractivity contribution in [2.24, 2.45) is 0 Å². The molecule has 0 amide bonds. The average molecular weight is 356 g/mol. The van der Waals surface area contributed by atoms with E-state index >= 15 is 0 Å². The molecule has 3 aromatic rings. The van der Waals surface area contributed by atoms with Gasteiger partial charge in [0.25, 0.3) is 0 Å². The monoisotopic (exact) mass is 355 g/mol. The lowest BCUT2D eigenvalue weighted by molar-refractivity contribution is -0.0235. The Labute approximate surface area is 150 Å². The third kappa shape index (κ3) is 3.01. The molecule has 0 atom stereocenters. The largest absolute Gasteiger partial charge is 0.507 e. The van der Waals surface area contributed by atoms with Crippen molar-refractivity contribution in [3.63, 3.8) is 0 Å². The Morgan fingerprint density at radius 3 is 2.52 bits per heavy atom. The SMILES string of the molecule is CC1(O)CC(Nc2nnc(-c3ccc(Cl)cc3O)c3ccccc23)C1. The smallest absolute Gasteiger partial charge is 0.156 e. The number of aliphatic hydroxyl groups is 1. The predicted octanol–water partition coefficient (Wildman–Crippen LogP) is 3.98. The normalized spacial score (nSPS) is 22.6. The standard InChI is InChI=1S/C19H18ClN3O2/c1-19(25)9-12(10-19)21-18-14-5-3-2-4-13(14)17(22-23-18)15-7-6-11(20)8-16(15)24/h2-8,12,24-25H,9-10H2,1H3,(H,21,23). The number of hydrogen-bond donors (Lipinski definition) is 3. The minimum absolute atomic E-state index is 0.0719. The van der Waals surface area contributed by atoms with Crippen LogP contribution in [0.1, 0.15) is 19.8 Å². The summed E-state index contributed by atoms with van der Waals surface area (Å²) in [5.41, 5.74) is 0.595. The summed E-state index contributed by atoms with van der Waals surface area (Å²) in [6.07, 6.45) is 1.37. The number of fused-ring (bicyclic) bond motifs is 1. The van der Waals surface area contributed by atoms with Crippen LogP contribution >= 0.6 is 11.6 Å². The summed E-state index contributed by atoms with van der Waals surface area (Å²) in [7, 11) is 0. The molecule has 0 unspecified atom stereocenters. The van der Waals surface area contributed by atoms with Crippen LogP contribution in [-0.4, -0.2) is 32.1 Å². The maximum absolute atomic E-state index is 10.2. The van der Waals surface area contributed by atoms with E-state index < -0.39 is 5.60 Å². The van der Waals surface area contributed by atoms with Crippen LogP contribution < -0.4 is 5.32 Å². The van der Waals surface area contributed by atoms with Gasteiger partial charge in [-0.25, -0.2) is 0 Å². The highest BCUT2D eigenvalue weighted by molar-refractivity contribution is 6.30. The van der Waals surface area contributed by atoms with Gasteiger partial charge in [-0.05, 0) is 38.0 Å². The van der Waals surface area contributed by atoms with Crippen molar-refractivity contribution in [1.82, 2.24) is 10.2 Å². The van der Waals surface area contributed by atoms with Gasteiger partial charge in [-0.3, -0.25) is 0 Å². The first-order valence-corrected chi connectivity index (χ1v) is 8.54. The van der Waals surface area contributed by atoms with Gasteiger partial charge in [-0.2, -0.15) is 0 Å². The molecule has 1 aliphatic rings. The summed E-state index contributed by atoms with van der Waals surface area (Å²) in [5, 5.41) is 34.4. The maximum atomic E-state index is 10.2. The third-order valence-corrected chi connectivity index (χ3v) is 4.85. The molecule has 4 rings (SSSR count). The van der Waals surface area contributed by atoms with E-state index in [2.05, 4.69) is 15.5 Å². The zero-order valence-electron chi connectivity index (χ0n) is 13.7. The Bertz CT molecular complexity index is 951. The summed E-state index contributed by atoms with van der Waals surface area (Å²) in [4.78, 5) is 0. The summed E-state index contributed by atoms with van der Waals surface area (Å²) in [6, 6.07) is 12.9. The number of halogens is 1. The molecule has 25 heavy (non-hydrogen) atoms. The zero-order chi connectivity index (χ0) is 17.6. The zero-order valence-corrected chi connectivity index (χ0v) is 14.5. The van der Waals surface area contributed by atoms with Gasteiger partial charge in [0, 0.05) is 27.4 Å². The van der Waals surface area contributed by atoms with Gasteiger partial charge < -0.3 is 15.5 Å². The van der Waals surface area contributed by atoms with E-state index in [4.69, 9.17) is 11.6 Å². The van der Waals surface area contributed by atoms with Crippen LogP contribution in [0.3, 0.4) is 0 Å². The molecule has 3 N–H and O–H groups in total. The molecular weight excluding hydrogens is 338 g/mol. The van der Waals surface area contributed by atoms with Crippen molar-refractivity contribution >= 4 is 28.2 Å². The van der Waals surface area contributed by atoms with E-state index in [1.807, 2.05) is 31.2 Å². The number of nitrogens with zero attached hydrogens (tertiary/aromatic N) is 2. The van der Waals surface area contributed by atoms with E-state index in [0.717, 1.165) is 10.8 Å². The molecule has 0 bridgehead atoms. The Hall–Kier alpha value is -2.37. The van der Waals surface area contributed by atoms with E-state index in [0.29, 0.717) is 34.9 Å². The van der Waals surface area contributed by atoms with Crippen LogP contribution in [-0.2, 0) is 0 Å². The first-order valence-electron chi connectivity index (χ1n) is 8.16. The van der Waals surface area contributed by atoms with Crippen molar-refractivity contribution < 1.29 is 10.2 Å². The topological polar surface area (TPSA) is 78.3 Å². The lowest BCUT2D eigenvalue weighted by Gasteiger charge is -2.41. The van der Waals surface area contributed by atoms with Crippen molar-refractivity contribution in [1.29, 1.82) is 0 Å². The van der Waals surface area contributed by atoms with E-state index in [1.165, 1.54) is 6.07 Å². The molecule has 1 heterocycles. The second-order valence-electron chi connectivity index (χ2n) is 6.85. The van der Waals surface area contributed by atoms with Crippen LogP contribution in [0.5, 0.6) is 5.75 Å². The van der Waals surface area contributed by atoms with Crippen LogP contribution in [0.4, 0.5) is 5.82 Å². The fraction of sp³-hybridized carbons (Fsp3) is 0.263. The summed E-state index contributed by atoms with van der Waals surface area (Å²) in [6.45, 7) is 1.83. The summed E-state index contributed by atoms with van der Waals surface area (Å²) >= 11 is 5.92. The minimum Gasteiger partial charge on any atom is -0.507 e. The Morgan fingerprint density at radius 1 is 1.12 bits per heavy atom. The van der Waals surface area contributed by atoms with Gasteiger partial charge in [-0.15, -0.1) is 10.2 Å². The molecule has 1 aromatic heterocycles. The second-order valence-corrected chi connectivity index (χ2v) is 7.29. The van der Waals surface area contributed by atoms with Crippen molar-refractivity contribution in [2.45, 2.75) is 31.4 Å². The number of rotatable bonds is 3. The van der Waals surface area contributed by atoms with Crippen LogP contribution in [0.15, 0.2) is 42.5 Å². The van der Waals surface area contributed by atoms with Gasteiger partial charge in [0.2, 0.25) is 0 Å². The number of benzene rings is 2. The maximum Gasteiger partial charge on any atom is 0.156 e. The molecule has 0 aliphatic heterocycles. The Morgan fingerprint density at radius 2 is 1.84 bits per heavy atom.